The highest BCUT2D eigenvalue weighted by molar-refractivity contribution is 5.91. The van der Waals surface area contributed by atoms with Crippen LogP contribution in [-0.2, 0) is 22.6 Å². The van der Waals surface area contributed by atoms with Gasteiger partial charge in [0.2, 0.25) is 0 Å². The highest BCUT2D eigenvalue weighted by Crippen LogP contribution is 2.28. The summed E-state index contributed by atoms with van der Waals surface area (Å²) in [6.45, 7) is 6.37. The second kappa shape index (κ2) is 13.1. The second-order valence-corrected chi connectivity index (χ2v) is 7.85. The Morgan fingerprint density at radius 3 is 2.18 bits per heavy atom. The highest BCUT2D eigenvalue weighted by atomic mass is 16.5. The van der Waals surface area contributed by atoms with Gasteiger partial charge in [-0.3, -0.25) is 4.79 Å². The zero-order valence-corrected chi connectivity index (χ0v) is 20.3. The molecule has 0 aliphatic carbocycles. The van der Waals surface area contributed by atoms with E-state index in [0.29, 0.717) is 36.7 Å². The van der Waals surface area contributed by atoms with Crippen molar-refractivity contribution in [1.82, 2.24) is 15.5 Å². The fraction of sp³-hybridized carbons (Fsp3) is 0.400. The molecule has 0 atom stereocenters. The van der Waals surface area contributed by atoms with Gasteiger partial charge >= 0.3 is 12.0 Å². The van der Waals surface area contributed by atoms with Crippen LogP contribution in [0.2, 0.25) is 0 Å². The first kappa shape index (κ1) is 26.5. The minimum Gasteiger partial charge on any atom is -0.493 e. The molecule has 0 heterocycles. The molecule has 0 saturated carbocycles. The Hall–Kier alpha value is -3.75. The van der Waals surface area contributed by atoms with Gasteiger partial charge in [-0.2, -0.15) is 0 Å². The van der Waals surface area contributed by atoms with Gasteiger partial charge in [0.1, 0.15) is 0 Å². The number of urea groups is 1. The summed E-state index contributed by atoms with van der Waals surface area (Å²) in [4.78, 5) is 38.2. The molecule has 184 valence electrons. The van der Waals surface area contributed by atoms with Gasteiger partial charge in [0, 0.05) is 25.7 Å². The number of hydrogen-bond acceptors (Lipinski definition) is 6. The third-order valence-corrected chi connectivity index (χ3v) is 4.95. The maximum atomic E-state index is 12.6. The Labute approximate surface area is 200 Å². The summed E-state index contributed by atoms with van der Waals surface area (Å²) in [7, 11) is 3.11. The van der Waals surface area contributed by atoms with Crippen LogP contribution in [0.3, 0.4) is 0 Å². The van der Waals surface area contributed by atoms with Crippen LogP contribution < -0.4 is 20.1 Å². The molecule has 2 aromatic rings. The predicted molar refractivity (Wildman–Crippen MR) is 128 cm³/mol. The van der Waals surface area contributed by atoms with Crippen LogP contribution in [0, 0.1) is 0 Å². The summed E-state index contributed by atoms with van der Waals surface area (Å²) < 4.78 is 15.8. The molecule has 0 bridgehead atoms. The molecular weight excluding hydrogens is 438 g/mol. The lowest BCUT2D eigenvalue weighted by molar-refractivity contribution is -0.134. The van der Waals surface area contributed by atoms with E-state index in [9.17, 15) is 14.4 Å². The van der Waals surface area contributed by atoms with E-state index in [1.165, 1.54) is 0 Å². The van der Waals surface area contributed by atoms with Crippen molar-refractivity contribution >= 4 is 17.9 Å². The number of benzene rings is 2. The first-order chi connectivity index (χ1) is 16.3. The first-order valence-electron chi connectivity index (χ1n) is 11.1. The van der Waals surface area contributed by atoms with Gasteiger partial charge in [0.05, 0.1) is 19.8 Å². The summed E-state index contributed by atoms with van der Waals surface area (Å²) in [6.07, 6.45) is 0. The largest absolute Gasteiger partial charge is 0.493 e. The van der Waals surface area contributed by atoms with Gasteiger partial charge in [-0.15, -0.1) is 0 Å². The van der Waals surface area contributed by atoms with Crippen molar-refractivity contribution in [1.29, 1.82) is 0 Å². The van der Waals surface area contributed by atoms with Crippen LogP contribution in [0.4, 0.5) is 4.79 Å². The van der Waals surface area contributed by atoms with Crippen molar-refractivity contribution in [3.8, 4) is 11.5 Å². The molecule has 0 aliphatic heterocycles. The average Bonchev–Trinajstić information content (AvgIpc) is 2.84. The second-order valence-electron chi connectivity index (χ2n) is 7.85. The minimum atomic E-state index is -0.590. The number of esters is 1. The van der Waals surface area contributed by atoms with E-state index >= 15 is 0 Å². The van der Waals surface area contributed by atoms with Crippen LogP contribution in [0.15, 0.2) is 42.5 Å². The number of carbonyl (C=O) groups excluding carboxylic acids is 3. The molecule has 0 aliphatic rings. The van der Waals surface area contributed by atoms with E-state index in [-0.39, 0.29) is 24.6 Å². The number of carbonyl (C=O) groups is 3. The fourth-order valence-corrected chi connectivity index (χ4v) is 3.13. The van der Waals surface area contributed by atoms with E-state index in [1.807, 2.05) is 32.9 Å². The van der Waals surface area contributed by atoms with Gasteiger partial charge in [-0.25, -0.2) is 9.59 Å². The maximum Gasteiger partial charge on any atom is 0.338 e. The molecule has 0 fully saturated rings. The summed E-state index contributed by atoms with van der Waals surface area (Å²) >= 11 is 0. The van der Waals surface area contributed by atoms with Gasteiger partial charge in [-0.1, -0.05) is 18.2 Å². The molecule has 0 saturated heterocycles. The lowest BCUT2D eigenvalue weighted by Crippen LogP contribution is -2.39. The molecule has 34 heavy (non-hydrogen) atoms. The maximum absolute atomic E-state index is 12.6. The Morgan fingerprint density at radius 2 is 1.59 bits per heavy atom. The van der Waals surface area contributed by atoms with Gasteiger partial charge in [-0.05, 0) is 56.2 Å². The molecule has 2 N–H and O–H groups in total. The van der Waals surface area contributed by atoms with Crippen LogP contribution in [0.25, 0.3) is 0 Å². The number of ether oxygens (including phenoxy) is 3. The quantitative estimate of drug-likeness (QED) is 0.488. The highest BCUT2D eigenvalue weighted by Gasteiger charge is 2.17. The Bertz CT molecular complexity index is 975. The van der Waals surface area contributed by atoms with Crippen molar-refractivity contribution in [3.05, 3.63) is 59.2 Å². The zero-order valence-electron chi connectivity index (χ0n) is 20.3. The molecule has 0 radical (unpaired) electrons. The van der Waals surface area contributed by atoms with Gasteiger partial charge < -0.3 is 29.7 Å². The van der Waals surface area contributed by atoms with Crippen LogP contribution in [0.5, 0.6) is 11.5 Å². The lowest BCUT2D eigenvalue weighted by atomic mass is 10.1. The molecule has 0 unspecified atom stereocenters. The van der Waals surface area contributed by atoms with Crippen molar-refractivity contribution < 1.29 is 28.6 Å². The van der Waals surface area contributed by atoms with Crippen LogP contribution in [0.1, 0.15) is 42.3 Å². The van der Waals surface area contributed by atoms with E-state index < -0.39 is 5.97 Å². The van der Waals surface area contributed by atoms with E-state index in [2.05, 4.69) is 10.6 Å². The van der Waals surface area contributed by atoms with E-state index in [4.69, 9.17) is 14.2 Å². The normalized spacial score (nSPS) is 10.4. The summed E-state index contributed by atoms with van der Waals surface area (Å²) in [6, 6.07) is 11.9. The average molecular weight is 472 g/mol. The van der Waals surface area contributed by atoms with Gasteiger partial charge in [0.15, 0.2) is 18.1 Å². The number of nitrogens with zero attached hydrogens (tertiary/aromatic N) is 1. The van der Waals surface area contributed by atoms with Crippen molar-refractivity contribution in [2.24, 2.45) is 0 Å². The molecule has 2 aromatic carbocycles. The van der Waals surface area contributed by atoms with Crippen molar-refractivity contribution in [2.45, 2.75) is 39.9 Å². The third kappa shape index (κ3) is 7.99. The minimum absolute atomic E-state index is 0.0440. The summed E-state index contributed by atoms with van der Waals surface area (Å²) in [5, 5.41) is 5.48. The number of methoxy groups -OCH3 is 2. The van der Waals surface area contributed by atoms with Crippen LogP contribution in [-0.4, -0.2) is 56.2 Å². The third-order valence-electron chi connectivity index (χ3n) is 4.95. The smallest absolute Gasteiger partial charge is 0.338 e. The monoisotopic (exact) mass is 471 g/mol. The summed E-state index contributed by atoms with van der Waals surface area (Å²) in [5.41, 5.74) is 2.02. The Morgan fingerprint density at radius 1 is 0.941 bits per heavy atom. The molecule has 9 nitrogen and oxygen atoms in total. The molecule has 2 rings (SSSR count). The number of likely N-dealkylation sites (N-methyl/N-ethyl adjacent to an activating group) is 1. The number of hydrogen-bond donors (Lipinski definition) is 2. The first-order valence-corrected chi connectivity index (χ1v) is 11.1. The topological polar surface area (TPSA) is 106 Å². The fourth-order valence-electron chi connectivity index (χ4n) is 3.13. The van der Waals surface area contributed by atoms with Crippen molar-refractivity contribution in [3.63, 3.8) is 0 Å². The molecule has 3 amide bonds. The zero-order chi connectivity index (χ0) is 25.1. The van der Waals surface area contributed by atoms with Gasteiger partial charge in [0.25, 0.3) is 5.91 Å². The lowest BCUT2D eigenvalue weighted by Gasteiger charge is -2.21. The standard InChI is InChI=1S/C25H33N3O6/c1-6-28(15-19-9-12-21(32-4)22(13-19)33-5)23(29)16-34-24(30)20-10-7-18(8-11-20)14-26-25(31)27-17(2)3/h7-13,17H,6,14-16H2,1-5H3,(H2,26,27,31). The summed E-state index contributed by atoms with van der Waals surface area (Å²) in [5.74, 6) is 0.291. The molecule has 0 spiro atoms. The SMILES string of the molecule is CCN(Cc1ccc(OC)c(OC)c1)C(=O)COC(=O)c1ccc(CNC(=O)NC(C)C)cc1. The van der Waals surface area contributed by atoms with E-state index in [0.717, 1.165) is 11.1 Å². The predicted octanol–water partition coefficient (Wildman–Crippen LogP) is 3.12. The number of amides is 3. The molecular formula is C25H33N3O6. The number of rotatable bonds is 11. The Kier molecular flexibility index (Phi) is 10.2. The molecule has 9 heteroatoms. The number of nitrogens with one attached hydrogen (secondary N) is 2. The molecule has 0 aromatic heterocycles. The van der Waals surface area contributed by atoms with Crippen LogP contribution >= 0.6 is 0 Å². The van der Waals surface area contributed by atoms with E-state index in [1.54, 1.807) is 49.5 Å². The Balaban J connectivity index is 1.88. The van der Waals surface area contributed by atoms with Crippen molar-refractivity contribution in [2.75, 3.05) is 27.4 Å².